The number of nitrogens with one attached hydrogen (secondary N) is 2. The number of benzene rings is 2. The van der Waals surface area contributed by atoms with Crippen LogP contribution in [0.4, 0.5) is 5.69 Å². The molecular formula is C38H59ClN2O6S. The van der Waals surface area contributed by atoms with Crippen molar-refractivity contribution in [1.29, 1.82) is 0 Å². The van der Waals surface area contributed by atoms with Crippen LogP contribution in [-0.2, 0) is 30.7 Å². The molecule has 0 aromatic heterocycles. The minimum absolute atomic E-state index is 0.0398. The number of halogens is 1. The lowest BCUT2D eigenvalue weighted by Gasteiger charge is -2.14. The van der Waals surface area contributed by atoms with E-state index in [1.54, 1.807) is 13.8 Å². The van der Waals surface area contributed by atoms with Crippen molar-refractivity contribution in [3.05, 3.63) is 65.0 Å². The monoisotopic (exact) mass is 706 g/mol. The van der Waals surface area contributed by atoms with Crippen molar-refractivity contribution < 1.29 is 27.4 Å². The third-order valence-corrected chi connectivity index (χ3v) is 9.73. The molecule has 0 heterocycles. The van der Waals surface area contributed by atoms with Gasteiger partial charge in [-0.3, -0.25) is 0 Å². The fourth-order valence-corrected chi connectivity index (χ4v) is 6.57. The fourth-order valence-electron chi connectivity index (χ4n) is 5.30. The number of sulfonamides is 1. The van der Waals surface area contributed by atoms with Crippen LogP contribution in [-0.4, -0.2) is 40.8 Å². The Bertz CT molecular complexity index is 1320. The number of aryl methyl sites for hydroxylation is 1. The summed E-state index contributed by atoms with van der Waals surface area (Å²) < 4.78 is 44.9. The van der Waals surface area contributed by atoms with Crippen LogP contribution in [0, 0.1) is 0 Å². The van der Waals surface area contributed by atoms with Gasteiger partial charge in [-0.2, -0.15) is 0 Å². The van der Waals surface area contributed by atoms with E-state index >= 15 is 0 Å². The molecule has 2 aromatic carbocycles. The van der Waals surface area contributed by atoms with E-state index in [0.29, 0.717) is 19.4 Å². The first-order chi connectivity index (χ1) is 23.3. The Morgan fingerprint density at radius 3 is 2.06 bits per heavy atom. The summed E-state index contributed by atoms with van der Waals surface area (Å²) in [7, 11) is -3.79. The number of rotatable bonds is 28. The highest BCUT2D eigenvalue weighted by Crippen LogP contribution is 2.27. The number of hydrogen-bond donors (Lipinski definition) is 2. The molecule has 0 saturated carbocycles. The highest BCUT2D eigenvalue weighted by atomic mass is 35.5. The van der Waals surface area contributed by atoms with E-state index in [2.05, 4.69) is 29.1 Å². The van der Waals surface area contributed by atoms with Crippen LogP contribution in [0.25, 0.3) is 0 Å². The second-order valence-corrected chi connectivity index (χ2v) is 14.2. The summed E-state index contributed by atoms with van der Waals surface area (Å²) in [4.78, 5) is 11.9. The van der Waals surface area contributed by atoms with Gasteiger partial charge in [0.25, 0.3) is 0 Å². The van der Waals surface area contributed by atoms with E-state index < -0.39 is 16.0 Å². The van der Waals surface area contributed by atoms with E-state index in [9.17, 15) is 13.2 Å². The lowest BCUT2D eigenvalue weighted by Crippen LogP contribution is -2.25. The Hall–Kier alpha value is -2.75. The molecule has 0 bridgehead atoms. The fraction of sp³-hybridized carbons (Fsp3) is 0.605. The average Bonchev–Trinajstić information content (AvgIpc) is 3.06. The molecule has 270 valence electrons. The van der Waals surface area contributed by atoms with E-state index in [1.807, 2.05) is 12.1 Å². The SMILES string of the molecule is CCCCCCCCCCCCCCCc1cccc(OCCCCNS(=O)(=O)c2ccc(Cl)c(N/C(=C/C(=O)OCC)OCC)c2)c1. The first kappa shape index (κ1) is 41.4. The predicted molar refractivity (Wildman–Crippen MR) is 197 cm³/mol. The zero-order chi connectivity index (χ0) is 34.9. The Morgan fingerprint density at radius 1 is 0.771 bits per heavy atom. The van der Waals surface area contributed by atoms with Crippen molar-refractivity contribution in [1.82, 2.24) is 4.72 Å². The minimum Gasteiger partial charge on any atom is -0.494 e. The number of esters is 1. The molecule has 2 N–H and O–H groups in total. The highest BCUT2D eigenvalue weighted by Gasteiger charge is 2.16. The van der Waals surface area contributed by atoms with Crippen molar-refractivity contribution in [3.8, 4) is 5.75 Å². The molecule has 8 nitrogen and oxygen atoms in total. The van der Waals surface area contributed by atoms with Gasteiger partial charge >= 0.3 is 5.97 Å². The number of carbonyl (C=O) groups excluding carboxylic acids is 1. The highest BCUT2D eigenvalue weighted by molar-refractivity contribution is 7.89. The average molecular weight is 707 g/mol. The second kappa shape index (κ2) is 25.3. The topological polar surface area (TPSA) is 103 Å². The normalized spacial score (nSPS) is 11.8. The molecule has 0 aliphatic heterocycles. The number of anilines is 1. The molecule has 0 aliphatic rings. The minimum atomic E-state index is -3.79. The maximum Gasteiger partial charge on any atom is 0.336 e. The molecule has 0 fully saturated rings. The smallest absolute Gasteiger partial charge is 0.336 e. The number of ether oxygens (including phenoxy) is 3. The van der Waals surface area contributed by atoms with Crippen molar-refractivity contribution >= 4 is 33.3 Å². The Kier molecular flexibility index (Phi) is 21.8. The van der Waals surface area contributed by atoms with Gasteiger partial charge in [-0.25, -0.2) is 17.9 Å². The van der Waals surface area contributed by atoms with Crippen LogP contribution in [0.3, 0.4) is 0 Å². The summed E-state index contributed by atoms with van der Waals surface area (Å²) in [6.45, 7) is 7.00. The van der Waals surface area contributed by atoms with Crippen molar-refractivity contribution in [3.63, 3.8) is 0 Å². The molecule has 2 aromatic rings. The van der Waals surface area contributed by atoms with Crippen LogP contribution in [0.5, 0.6) is 5.75 Å². The molecule has 0 spiro atoms. The molecule has 48 heavy (non-hydrogen) atoms. The van der Waals surface area contributed by atoms with Gasteiger partial charge in [0.2, 0.25) is 10.0 Å². The summed E-state index contributed by atoms with van der Waals surface area (Å²) in [5.74, 6) is 0.370. The van der Waals surface area contributed by atoms with Crippen LogP contribution in [0.2, 0.25) is 5.02 Å². The van der Waals surface area contributed by atoms with Crippen LogP contribution in [0.15, 0.2) is 59.3 Å². The first-order valence-corrected chi connectivity index (χ1v) is 19.9. The van der Waals surface area contributed by atoms with Gasteiger partial charge in [0.05, 0.1) is 41.5 Å². The number of carbonyl (C=O) groups is 1. The van der Waals surface area contributed by atoms with Crippen molar-refractivity contribution in [2.45, 2.75) is 128 Å². The maximum atomic E-state index is 13.0. The molecule has 0 saturated heterocycles. The molecule has 10 heteroatoms. The summed E-state index contributed by atoms with van der Waals surface area (Å²) in [5, 5.41) is 3.16. The molecule has 2 rings (SSSR count). The van der Waals surface area contributed by atoms with Gasteiger partial charge in [0, 0.05) is 6.54 Å². The summed E-state index contributed by atoms with van der Waals surface area (Å²) in [5.41, 5.74) is 1.58. The Balaban J connectivity index is 1.66. The largest absolute Gasteiger partial charge is 0.494 e. The number of hydrogen-bond acceptors (Lipinski definition) is 7. The van der Waals surface area contributed by atoms with Gasteiger partial charge in [0.15, 0.2) is 5.88 Å². The lowest BCUT2D eigenvalue weighted by atomic mass is 10.0. The molecule has 0 amide bonds. The van der Waals surface area contributed by atoms with Crippen molar-refractivity contribution in [2.75, 3.05) is 31.7 Å². The van der Waals surface area contributed by atoms with Crippen LogP contribution < -0.4 is 14.8 Å². The van der Waals surface area contributed by atoms with Crippen molar-refractivity contribution in [2.24, 2.45) is 0 Å². The third kappa shape index (κ3) is 18.1. The van der Waals surface area contributed by atoms with Gasteiger partial charge in [-0.1, -0.05) is 108 Å². The Labute approximate surface area is 295 Å². The third-order valence-electron chi connectivity index (χ3n) is 7.94. The molecule has 0 atom stereocenters. The van der Waals surface area contributed by atoms with E-state index in [-0.39, 0.29) is 41.2 Å². The molecule has 0 unspecified atom stereocenters. The van der Waals surface area contributed by atoms with Gasteiger partial charge in [-0.05, 0) is 75.4 Å². The van der Waals surface area contributed by atoms with E-state index in [4.69, 9.17) is 25.8 Å². The summed E-state index contributed by atoms with van der Waals surface area (Å²) in [6, 6.07) is 12.6. The van der Waals surface area contributed by atoms with E-state index in [1.165, 1.54) is 107 Å². The standard InChI is InChI=1S/C38H59ClN2O6S/c1-4-7-8-9-10-11-12-13-14-15-16-17-18-22-32-23-21-24-33(29-32)47-28-20-19-27-40-48(43,44)34-25-26-35(39)36(30-34)41-37(45-5-2)31-38(42)46-6-3/h21,23-26,29-31,40-41H,4-20,22,27-28H2,1-3H3/b37-31-. The zero-order valence-corrected chi connectivity index (χ0v) is 31.1. The second-order valence-electron chi connectivity index (χ2n) is 12.1. The molecular weight excluding hydrogens is 648 g/mol. The van der Waals surface area contributed by atoms with Gasteiger partial charge in [0.1, 0.15) is 5.75 Å². The zero-order valence-electron chi connectivity index (χ0n) is 29.5. The molecule has 0 aliphatic carbocycles. The maximum absolute atomic E-state index is 13.0. The lowest BCUT2D eigenvalue weighted by molar-refractivity contribution is -0.137. The van der Waals surface area contributed by atoms with Gasteiger partial charge < -0.3 is 19.5 Å². The Morgan fingerprint density at radius 2 is 1.42 bits per heavy atom. The van der Waals surface area contributed by atoms with Crippen LogP contribution in [0.1, 0.15) is 123 Å². The van der Waals surface area contributed by atoms with Gasteiger partial charge in [-0.15, -0.1) is 0 Å². The molecule has 0 radical (unpaired) electrons. The summed E-state index contributed by atoms with van der Waals surface area (Å²) in [6.07, 6.45) is 21.2. The number of unbranched alkanes of at least 4 members (excludes halogenated alkanes) is 13. The van der Waals surface area contributed by atoms with Crippen LogP contribution >= 0.6 is 11.6 Å². The first-order valence-electron chi connectivity index (χ1n) is 18.1. The predicted octanol–water partition coefficient (Wildman–Crippen LogP) is 9.96. The summed E-state index contributed by atoms with van der Waals surface area (Å²) >= 11 is 6.29. The van der Waals surface area contributed by atoms with E-state index in [0.717, 1.165) is 18.2 Å². The quantitative estimate of drug-likeness (QED) is 0.0393.